The first-order chi connectivity index (χ1) is 8.16. The third-order valence-corrected chi connectivity index (χ3v) is 2.85. The van der Waals surface area contributed by atoms with E-state index in [0.29, 0.717) is 19.8 Å². The molecule has 2 N–H and O–H groups in total. The summed E-state index contributed by atoms with van der Waals surface area (Å²) in [5, 5.41) is 17.8. The summed E-state index contributed by atoms with van der Waals surface area (Å²) in [6, 6.07) is 4.48. The number of ether oxygens (including phenoxy) is 1. The van der Waals surface area contributed by atoms with E-state index in [4.69, 9.17) is 14.8 Å². The number of morpholine rings is 1. The number of halogens is 1. The van der Waals surface area contributed by atoms with Crippen LogP contribution in [-0.2, 0) is 11.3 Å². The van der Waals surface area contributed by atoms with Gasteiger partial charge < -0.3 is 14.8 Å². The van der Waals surface area contributed by atoms with E-state index >= 15 is 0 Å². The van der Waals surface area contributed by atoms with Gasteiger partial charge in [0.1, 0.15) is 5.82 Å². The Kier molecular flexibility index (Phi) is 4.12. The first-order valence-corrected chi connectivity index (χ1v) is 5.61. The van der Waals surface area contributed by atoms with Gasteiger partial charge in [-0.15, -0.1) is 0 Å². The molecule has 0 radical (unpaired) electrons. The fourth-order valence-corrected chi connectivity index (χ4v) is 1.90. The molecule has 1 aliphatic rings. The van der Waals surface area contributed by atoms with E-state index in [0.717, 1.165) is 18.7 Å². The molecule has 4 nitrogen and oxygen atoms in total. The van der Waals surface area contributed by atoms with Crippen LogP contribution in [0.1, 0.15) is 5.56 Å². The Bertz CT molecular complexity index is 383. The third kappa shape index (κ3) is 3.26. The average molecular weight is 239 g/mol. The van der Waals surface area contributed by atoms with Gasteiger partial charge in [-0.05, 0) is 11.6 Å². The molecule has 1 aromatic carbocycles. The third-order valence-electron chi connectivity index (χ3n) is 2.85. The SMILES string of the molecule is OB(O)c1ccc(CN2CCOCC2)cc1F. The Labute approximate surface area is 99.8 Å². The maximum absolute atomic E-state index is 13.5. The number of benzene rings is 1. The maximum Gasteiger partial charge on any atom is 0.491 e. The van der Waals surface area contributed by atoms with Gasteiger partial charge in [-0.25, -0.2) is 4.39 Å². The molecule has 0 spiro atoms. The van der Waals surface area contributed by atoms with E-state index < -0.39 is 12.9 Å². The van der Waals surface area contributed by atoms with E-state index in [1.807, 2.05) is 0 Å². The number of hydrogen-bond acceptors (Lipinski definition) is 4. The summed E-state index contributed by atoms with van der Waals surface area (Å²) in [7, 11) is -1.76. The van der Waals surface area contributed by atoms with Crippen molar-refractivity contribution in [3.05, 3.63) is 29.6 Å². The second-order valence-corrected chi connectivity index (χ2v) is 4.12. The molecule has 1 aliphatic heterocycles. The van der Waals surface area contributed by atoms with E-state index in [2.05, 4.69) is 4.90 Å². The van der Waals surface area contributed by atoms with Gasteiger partial charge in [0.2, 0.25) is 0 Å². The standard InChI is InChI=1S/C11H15BFNO3/c13-11-7-9(1-2-10(11)12(15)16)8-14-3-5-17-6-4-14/h1-2,7,15-16H,3-6,8H2. The van der Waals surface area contributed by atoms with Crippen LogP contribution in [0.3, 0.4) is 0 Å². The van der Waals surface area contributed by atoms with Crippen LogP contribution in [0.25, 0.3) is 0 Å². The van der Waals surface area contributed by atoms with Crippen molar-refractivity contribution < 1.29 is 19.2 Å². The largest absolute Gasteiger partial charge is 0.491 e. The Morgan fingerprint density at radius 2 is 2.00 bits per heavy atom. The summed E-state index contributed by atoms with van der Waals surface area (Å²) in [5.74, 6) is -0.578. The minimum Gasteiger partial charge on any atom is -0.423 e. The molecule has 0 amide bonds. The zero-order valence-corrected chi connectivity index (χ0v) is 9.47. The number of hydrogen-bond donors (Lipinski definition) is 2. The van der Waals surface area contributed by atoms with E-state index in [-0.39, 0.29) is 5.46 Å². The highest BCUT2D eigenvalue weighted by Gasteiger charge is 2.17. The maximum atomic E-state index is 13.5. The molecular weight excluding hydrogens is 224 g/mol. The zero-order valence-electron chi connectivity index (χ0n) is 9.47. The van der Waals surface area contributed by atoms with Crippen molar-refractivity contribution in [3.63, 3.8) is 0 Å². The highest BCUT2D eigenvalue weighted by molar-refractivity contribution is 6.58. The molecule has 2 rings (SSSR count). The summed E-state index contributed by atoms with van der Waals surface area (Å²) in [6.07, 6.45) is 0. The molecule has 1 aromatic rings. The van der Waals surface area contributed by atoms with Gasteiger partial charge in [-0.1, -0.05) is 12.1 Å². The highest BCUT2D eigenvalue weighted by Crippen LogP contribution is 2.08. The van der Waals surface area contributed by atoms with Crippen molar-refractivity contribution in [3.8, 4) is 0 Å². The molecule has 0 bridgehead atoms. The van der Waals surface area contributed by atoms with Crippen LogP contribution in [0.5, 0.6) is 0 Å². The van der Waals surface area contributed by atoms with E-state index in [9.17, 15) is 4.39 Å². The van der Waals surface area contributed by atoms with E-state index in [1.54, 1.807) is 6.07 Å². The van der Waals surface area contributed by atoms with E-state index in [1.165, 1.54) is 12.1 Å². The van der Waals surface area contributed by atoms with Crippen LogP contribution in [0.15, 0.2) is 18.2 Å². The number of nitrogens with zero attached hydrogens (tertiary/aromatic N) is 1. The van der Waals surface area contributed by atoms with Gasteiger partial charge in [0.15, 0.2) is 0 Å². The van der Waals surface area contributed by atoms with Crippen LogP contribution in [0, 0.1) is 5.82 Å². The second-order valence-electron chi connectivity index (χ2n) is 4.12. The second kappa shape index (κ2) is 5.60. The van der Waals surface area contributed by atoms with Crippen LogP contribution >= 0.6 is 0 Å². The van der Waals surface area contributed by atoms with Crippen LogP contribution < -0.4 is 5.46 Å². The lowest BCUT2D eigenvalue weighted by Gasteiger charge is -2.26. The first kappa shape index (κ1) is 12.5. The minimum atomic E-state index is -1.76. The van der Waals surface area contributed by atoms with Gasteiger partial charge >= 0.3 is 7.12 Å². The fourth-order valence-electron chi connectivity index (χ4n) is 1.90. The Morgan fingerprint density at radius 1 is 1.29 bits per heavy atom. The minimum absolute atomic E-state index is 0.0873. The molecule has 1 heterocycles. The summed E-state index contributed by atoms with van der Waals surface area (Å²) >= 11 is 0. The normalized spacial score (nSPS) is 17.1. The predicted molar refractivity (Wildman–Crippen MR) is 62.3 cm³/mol. The first-order valence-electron chi connectivity index (χ1n) is 5.61. The molecule has 0 unspecified atom stereocenters. The van der Waals surface area contributed by atoms with Gasteiger partial charge in [0, 0.05) is 25.1 Å². The Balaban J connectivity index is 2.04. The molecule has 0 saturated carbocycles. The van der Waals surface area contributed by atoms with Gasteiger partial charge in [-0.3, -0.25) is 4.90 Å². The smallest absolute Gasteiger partial charge is 0.423 e. The van der Waals surface area contributed by atoms with Crippen molar-refractivity contribution in [2.45, 2.75) is 6.54 Å². The molecule has 1 saturated heterocycles. The van der Waals surface area contributed by atoms with Gasteiger partial charge in [0.25, 0.3) is 0 Å². The summed E-state index contributed by atoms with van der Waals surface area (Å²) in [6.45, 7) is 3.74. The molecular formula is C11H15BFNO3. The molecule has 17 heavy (non-hydrogen) atoms. The van der Waals surface area contributed by atoms with Crippen molar-refractivity contribution in [2.24, 2.45) is 0 Å². The molecule has 1 fully saturated rings. The van der Waals surface area contributed by atoms with Gasteiger partial charge in [0.05, 0.1) is 13.2 Å². The van der Waals surface area contributed by atoms with Crippen molar-refractivity contribution in [1.82, 2.24) is 4.90 Å². The van der Waals surface area contributed by atoms with Crippen LogP contribution in [0.4, 0.5) is 4.39 Å². The lowest BCUT2D eigenvalue weighted by Crippen LogP contribution is -2.36. The summed E-state index contributed by atoms with van der Waals surface area (Å²) in [5.41, 5.74) is 0.740. The summed E-state index contributed by atoms with van der Waals surface area (Å²) < 4.78 is 18.7. The molecule has 6 heteroatoms. The lowest BCUT2D eigenvalue weighted by atomic mass is 9.79. The molecule has 0 aromatic heterocycles. The van der Waals surface area contributed by atoms with Crippen molar-refractivity contribution in [1.29, 1.82) is 0 Å². The van der Waals surface area contributed by atoms with Crippen LogP contribution in [0.2, 0.25) is 0 Å². The van der Waals surface area contributed by atoms with Crippen molar-refractivity contribution in [2.75, 3.05) is 26.3 Å². The molecule has 0 aliphatic carbocycles. The lowest BCUT2D eigenvalue weighted by molar-refractivity contribution is 0.0341. The molecule has 0 atom stereocenters. The Morgan fingerprint density at radius 3 is 2.59 bits per heavy atom. The topological polar surface area (TPSA) is 52.9 Å². The van der Waals surface area contributed by atoms with Crippen molar-refractivity contribution >= 4 is 12.6 Å². The average Bonchev–Trinajstić information content (AvgIpc) is 2.30. The highest BCUT2D eigenvalue weighted by atomic mass is 19.1. The Hall–Kier alpha value is -0.945. The fraction of sp³-hybridized carbons (Fsp3) is 0.455. The number of rotatable bonds is 3. The monoisotopic (exact) mass is 239 g/mol. The zero-order chi connectivity index (χ0) is 12.3. The van der Waals surface area contributed by atoms with Crippen LogP contribution in [-0.4, -0.2) is 48.4 Å². The molecule has 92 valence electrons. The summed E-state index contributed by atoms with van der Waals surface area (Å²) in [4.78, 5) is 2.17. The predicted octanol–water partition coefficient (Wildman–Crippen LogP) is -0.662. The van der Waals surface area contributed by atoms with Gasteiger partial charge in [-0.2, -0.15) is 0 Å². The quantitative estimate of drug-likeness (QED) is 0.687.